The van der Waals surface area contributed by atoms with E-state index in [1.807, 2.05) is 0 Å². The number of amides is 1. The van der Waals surface area contributed by atoms with E-state index in [9.17, 15) is 9.59 Å². The first-order chi connectivity index (χ1) is 8.54. The highest BCUT2D eigenvalue weighted by atomic mass is 16.2. The Balaban J connectivity index is 2.19. The minimum absolute atomic E-state index is 0.0848. The van der Waals surface area contributed by atoms with E-state index in [1.54, 1.807) is 31.3 Å². The minimum atomic E-state index is -0.176. The van der Waals surface area contributed by atoms with Crippen molar-refractivity contribution in [1.82, 2.24) is 9.47 Å². The van der Waals surface area contributed by atoms with Crippen LogP contribution in [0.15, 0.2) is 23.1 Å². The molecule has 1 heterocycles. The summed E-state index contributed by atoms with van der Waals surface area (Å²) in [5, 5.41) is 0. The first-order valence-corrected chi connectivity index (χ1v) is 6.18. The SMILES string of the molecule is CN(C(=O)c1ccn(C)c(=O)c1)C(CN)C1CC1. The molecule has 1 aromatic heterocycles. The van der Waals surface area contributed by atoms with Gasteiger partial charge in [0.2, 0.25) is 0 Å². The number of nitrogens with zero attached hydrogens (tertiary/aromatic N) is 2. The summed E-state index contributed by atoms with van der Waals surface area (Å²) in [5.41, 5.74) is 5.98. The van der Waals surface area contributed by atoms with Gasteiger partial charge in [-0.05, 0) is 24.8 Å². The first-order valence-electron chi connectivity index (χ1n) is 6.18. The minimum Gasteiger partial charge on any atom is -0.337 e. The van der Waals surface area contributed by atoms with E-state index in [4.69, 9.17) is 5.73 Å². The molecule has 0 aliphatic heterocycles. The lowest BCUT2D eigenvalue weighted by Crippen LogP contribution is -2.43. The number of nitrogens with two attached hydrogens (primary N) is 1. The molecule has 1 aliphatic carbocycles. The Morgan fingerprint density at radius 2 is 2.28 bits per heavy atom. The third kappa shape index (κ3) is 2.46. The number of aromatic nitrogens is 1. The Hall–Kier alpha value is -1.62. The Morgan fingerprint density at radius 1 is 1.61 bits per heavy atom. The van der Waals surface area contributed by atoms with Gasteiger partial charge < -0.3 is 15.2 Å². The third-order valence-electron chi connectivity index (χ3n) is 3.58. The van der Waals surface area contributed by atoms with Gasteiger partial charge in [0, 0.05) is 44.5 Å². The zero-order valence-corrected chi connectivity index (χ0v) is 10.8. The van der Waals surface area contributed by atoms with Crippen LogP contribution in [0.1, 0.15) is 23.2 Å². The van der Waals surface area contributed by atoms with Crippen molar-refractivity contribution in [2.75, 3.05) is 13.6 Å². The number of carbonyl (C=O) groups excluding carboxylic acids is 1. The number of rotatable bonds is 4. The molecule has 0 radical (unpaired) electrons. The van der Waals surface area contributed by atoms with Crippen molar-refractivity contribution >= 4 is 5.91 Å². The van der Waals surface area contributed by atoms with Crippen LogP contribution in [-0.2, 0) is 7.05 Å². The second kappa shape index (κ2) is 4.94. The molecule has 1 aliphatic rings. The van der Waals surface area contributed by atoms with Crippen molar-refractivity contribution in [2.45, 2.75) is 18.9 Å². The molecular weight excluding hydrogens is 230 g/mol. The molecule has 18 heavy (non-hydrogen) atoms. The summed E-state index contributed by atoms with van der Waals surface area (Å²) in [6.07, 6.45) is 3.88. The van der Waals surface area contributed by atoms with Crippen molar-refractivity contribution in [3.05, 3.63) is 34.2 Å². The van der Waals surface area contributed by atoms with Crippen molar-refractivity contribution < 1.29 is 4.79 Å². The van der Waals surface area contributed by atoms with Crippen LogP contribution in [0.3, 0.4) is 0 Å². The molecule has 1 atom stereocenters. The Bertz CT molecular complexity index is 505. The van der Waals surface area contributed by atoms with Gasteiger partial charge in [0.1, 0.15) is 0 Å². The predicted octanol–water partition coefficient (Wildman–Crippen LogP) is 0.195. The fourth-order valence-electron chi connectivity index (χ4n) is 2.18. The predicted molar refractivity (Wildman–Crippen MR) is 69.3 cm³/mol. The molecule has 2 N–H and O–H groups in total. The fourth-order valence-corrected chi connectivity index (χ4v) is 2.18. The Kier molecular flexibility index (Phi) is 3.52. The van der Waals surface area contributed by atoms with Gasteiger partial charge in [0.05, 0.1) is 0 Å². The molecule has 1 saturated carbocycles. The second-order valence-electron chi connectivity index (χ2n) is 4.92. The van der Waals surface area contributed by atoms with Gasteiger partial charge in [-0.25, -0.2) is 0 Å². The van der Waals surface area contributed by atoms with Crippen molar-refractivity contribution in [3.8, 4) is 0 Å². The summed E-state index contributed by atoms with van der Waals surface area (Å²) >= 11 is 0. The van der Waals surface area contributed by atoms with Gasteiger partial charge in [0.15, 0.2) is 0 Å². The van der Waals surface area contributed by atoms with Crippen LogP contribution in [0.5, 0.6) is 0 Å². The van der Waals surface area contributed by atoms with Gasteiger partial charge in [0.25, 0.3) is 11.5 Å². The Morgan fingerprint density at radius 3 is 2.78 bits per heavy atom. The quantitative estimate of drug-likeness (QED) is 0.828. The van der Waals surface area contributed by atoms with E-state index in [-0.39, 0.29) is 17.5 Å². The molecule has 1 amide bonds. The smallest absolute Gasteiger partial charge is 0.254 e. The highest BCUT2D eigenvalue weighted by Crippen LogP contribution is 2.34. The molecule has 1 aromatic rings. The number of likely N-dealkylation sites (N-methyl/N-ethyl adjacent to an activating group) is 1. The van der Waals surface area contributed by atoms with Gasteiger partial charge in [-0.3, -0.25) is 9.59 Å². The van der Waals surface area contributed by atoms with Crippen LogP contribution in [-0.4, -0.2) is 35.0 Å². The van der Waals surface area contributed by atoms with Crippen molar-refractivity contribution in [2.24, 2.45) is 18.7 Å². The van der Waals surface area contributed by atoms with Crippen LogP contribution in [0.2, 0.25) is 0 Å². The van der Waals surface area contributed by atoms with E-state index in [0.717, 1.165) is 12.8 Å². The normalized spacial score (nSPS) is 16.4. The summed E-state index contributed by atoms with van der Waals surface area (Å²) < 4.78 is 1.44. The summed E-state index contributed by atoms with van der Waals surface area (Å²) in [6.45, 7) is 0.470. The van der Waals surface area contributed by atoms with Gasteiger partial charge >= 0.3 is 0 Å². The summed E-state index contributed by atoms with van der Waals surface area (Å²) in [5.74, 6) is 0.394. The van der Waals surface area contributed by atoms with Crippen LogP contribution < -0.4 is 11.3 Å². The van der Waals surface area contributed by atoms with Gasteiger partial charge in [-0.15, -0.1) is 0 Å². The summed E-state index contributed by atoms with van der Waals surface area (Å²) in [4.78, 5) is 25.5. The average Bonchev–Trinajstić information content (AvgIpc) is 3.17. The van der Waals surface area contributed by atoms with E-state index < -0.39 is 0 Å². The fraction of sp³-hybridized carbons (Fsp3) is 0.538. The lowest BCUT2D eigenvalue weighted by atomic mass is 10.1. The number of pyridine rings is 1. The molecule has 5 heteroatoms. The third-order valence-corrected chi connectivity index (χ3v) is 3.58. The molecule has 1 fully saturated rings. The molecule has 0 aromatic carbocycles. The highest BCUT2D eigenvalue weighted by molar-refractivity contribution is 5.94. The second-order valence-corrected chi connectivity index (χ2v) is 4.92. The monoisotopic (exact) mass is 249 g/mol. The van der Waals surface area contributed by atoms with Crippen LogP contribution in [0.4, 0.5) is 0 Å². The zero-order chi connectivity index (χ0) is 13.3. The number of aryl methyl sites for hydroxylation is 1. The molecular formula is C13H19N3O2. The molecule has 0 bridgehead atoms. The van der Waals surface area contributed by atoms with Crippen LogP contribution >= 0.6 is 0 Å². The van der Waals surface area contributed by atoms with Crippen LogP contribution in [0.25, 0.3) is 0 Å². The first kappa shape index (κ1) is 12.8. The standard InChI is InChI=1S/C13H19N3O2/c1-15-6-5-10(7-12(15)17)13(18)16(2)11(8-14)9-3-4-9/h5-7,9,11H,3-4,8,14H2,1-2H3. The van der Waals surface area contributed by atoms with Crippen molar-refractivity contribution in [3.63, 3.8) is 0 Å². The lowest BCUT2D eigenvalue weighted by molar-refractivity contribution is 0.0718. The van der Waals surface area contributed by atoms with E-state index in [0.29, 0.717) is 18.0 Å². The average molecular weight is 249 g/mol. The topological polar surface area (TPSA) is 68.3 Å². The molecule has 0 spiro atoms. The maximum absolute atomic E-state index is 12.3. The Labute approximate surface area is 106 Å². The maximum atomic E-state index is 12.3. The van der Waals surface area contributed by atoms with E-state index in [1.165, 1.54) is 10.6 Å². The molecule has 0 saturated heterocycles. The molecule has 98 valence electrons. The summed E-state index contributed by atoms with van der Waals surface area (Å²) in [6, 6.07) is 3.13. The number of carbonyl (C=O) groups is 1. The van der Waals surface area contributed by atoms with E-state index >= 15 is 0 Å². The molecule has 1 unspecified atom stereocenters. The van der Waals surface area contributed by atoms with Gasteiger partial charge in [-0.2, -0.15) is 0 Å². The maximum Gasteiger partial charge on any atom is 0.254 e. The largest absolute Gasteiger partial charge is 0.337 e. The number of hydrogen-bond acceptors (Lipinski definition) is 3. The van der Waals surface area contributed by atoms with Crippen LogP contribution in [0, 0.1) is 5.92 Å². The molecule has 2 rings (SSSR count). The summed E-state index contributed by atoms with van der Waals surface area (Å²) in [7, 11) is 3.42. The van der Waals surface area contributed by atoms with Crippen molar-refractivity contribution in [1.29, 1.82) is 0 Å². The zero-order valence-electron chi connectivity index (χ0n) is 10.8. The molecule has 5 nitrogen and oxygen atoms in total. The van der Waals surface area contributed by atoms with Gasteiger partial charge in [-0.1, -0.05) is 0 Å². The highest BCUT2D eigenvalue weighted by Gasteiger charge is 2.35. The van der Waals surface area contributed by atoms with E-state index in [2.05, 4.69) is 0 Å². The lowest BCUT2D eigenvalue weighted by Gasteiger charge is -2.27. The number of hydrogen-bond donors (Lipinski definition) is 1.